The van der Waals surface area contributed by atoms with Crippen molar-refractivity contribution in [2.45, 2.75) is 26.8 Å². The molecular formula is C19H27N3O4. The van der Waals surface area contributed by atoms with E-state index in [-0.39, 0.29) is 12.6 Å². The molecule has 2 rings (SSSR count). The molecule has 0 fully saturated rings. The van der Waals surface area contributed by atoms with Crippen LogP contribution in [0.2, 0.25) is 0 Å². The molecular weight excluding hydrogens is 334 g/mol. The number of rotatable bonds is 8. The number of esters is 1. The predicted molar refractivity (Wildman–Crippen MR) is 98.7 cm³/mol. The number of carbonyl (C=O) groups excluding carboxylic acids is 2. The third kappa shape index (κ3) is 4.83. The van der Waals surface area contributed by atoms with Gasteiger partial charge in [0, 0.05) is 25.9 Å². The molecule has 0 spiro atoms. The van der Waals surface area contributed by atoms with Crippen molar-refractivity contribution < 1.29 is 19.1 Å². The molecule has 0 aromatic heterocycles. The lowest BCUT2D eigenvalue weighted by Crippen LogP contribution is -2.48. The minimum atomic E-state index is -0.554. The van der Waals surface area contributed by atoms with Crippen molar-refractivity contribution in [2.24, 2.45) is 0 Å². The minimum Gasteiger partial charge on any atom is -0.463 e. The van der Waals surface area contributed by atoms with Crippen LogP contribution in [0.3, 0.4) is 0 Å². The van der Waals surface area contributed by atoms with Crippen molar-refractivity contribution in [1.82, 2.24) is 16.0 Å². The van der Waals surface area contributed by atoms with Crippen LogP contribution in [-0.4, -0.2) is 45.4 Å². The van der Waals surface area contributed by atoms with E-state index < -0.39 is 12.0 Å². The number of urea groups is 1. The lowest BCUT2D eigenvalue weighted by Gasteiger charge is -2.30. The summed E-state index contributed by atoms with van der Waals surface area (Å²) in [6.07, 6.45) is 0. The average Bonchev–Trinajstić information content (AvgIpc) is 2.60. The SMILES string of the molecule is CCOC(=O)C1=C(CNCCOC)NC(=O)N[C@H]1c1cc(C)ccc1C. The molecule has 0 aliphatic carbocycles. The molecule has 142 valence electrons. The molecule has 1 aromatic carbocycles. The number of ether oxygens (including phenoxy) is 2. The summed E-state index contributed by atoms with van der Waals surface area (Å²) in [5.41, 5.74) is 3.88. The second kappa shape index (κ2) is 9.35. The number of methoxy groups -OCH3 is 1. The Bertz CT molecular complexity index is 700. The first-order valence-corrected chi connectivity index (χ1v) is 8.72. The summed E-state index contributed by atoms with van der Waals surface area (Å²) < 4.78 is 10.3. The van der Waals surface area contributed by atoms with Crippen LogP contribution in [0.5, 0.6) is 0 Å². The highest BCUT2D eigenvalue weighted by atomic mass is 16.5. The number of benzene rings is 1. The van der Waals surface area contributed by atoms with Crippen LogP contribution < -0.4 is 16.0 Å². The van der Waals surface area contributed by atoms with Crippen LogP contribution in [-0.2, 0) is 14.3 Å². The summed E-state index contributed by atoms with van der Waals surface area (Å²) in [7, 11) is 1.62. The fourth-order valence-corrected chi connectivity index (χ4v) is 2.90. The van der Waals surface area contributed by atoms with E-state index in [0.717, 1.165) is 16.7 Å². The molecule has 1 aliphatic heterocycles. The Labute approximate surface area is 154 Å². The van der Waals surface area contributed by atoms with E-state index in [1.54, 1.807) is 14.0 Å². The molecule has 0 saturated carbocycles. The summed E-state index contributed by atoms with van der Waals surface area (Å²) in [6.45, 7) is 7.44. The normalized spacial score (nSPS) is 16.9. The molecule has 0 saturated heterocycles. The molecule has 1 atom stereocenters. The molecule has 0 bridgehead atoms. The first kappa shape index (κ1) is 19.9. The molecule has 0 radical (unpaired) electrons. The smallest absolute Gasteiger partial charge is 0.338 e. The van der Waals surface area contributed by atoms with Crippen LogP contribution in [0.1, 0.15) is 29.7 Å². The van der Waals surface area contributed by atoms with Gasteiger partial charge in [-0.3, -0.25) is 0 Å². The van der Waals surface area contributed by atoms with Crippen molar-refractivity contribution in [3.63, 3.8) is 0 Å². The second-order valence-corrected chi connectivity index (χ2v) is 6.17. The van der Waals surface area contributed by atoms with Crippen molar-refractivity contribution in [1.29, 1.82) is 0 Å². The maximum absolute atomic E-state index is 12.7. The largest absolute Gasteiger partial charge is 0.463 e. The van der Waals surface area contributed by atoms with Gasteiger partial charge in [0.25, 0.3) is 0 Å². The molecule has 7 nitrogen and oxygen atoms in total. The molecule has 26 heavy (non-hydrogen) atoms. The average molecular weight is 361 g/mol. The minimum absolute atomic E-state index is 0.264. The zero-order valence-electron chi connectivity index (χ0n) is 15.8. The Hall–Kier alpha value is -2.38. The Morgan fingerprint density at radius 2 is 2.08 bits per heavy atom. The van der Waals surface area contributed by atoms with Gasteiger partial charge in [0.15, 0.2) is 0 Å². The second-order valence-electron chi connectivity index (χ2n) is 6.17. The Morgan fingerprint density at radius 1 is 1.31 bits per heavy atom. The van der Waals surface area contributed by atoms with E-state index in [9.17, 15) is 9.59 Å². The van der Waals surface area contributed by atoms with Crippen molar-refractivity contribution >= 4 is 12.0 Å². The standard InChI is InChI=1S/C19H27N3O4/c1-5-26-18(23)16-15(11-20-8-9-25-4)21-19(24)22-17(16)14-10-12(2)6-7-13(14)3/h6-7,10,17,20H,5,8-9,11H2,1-4H3,(H2,21,22,24)/t17-/m0/s1. The van der Waals surface area contributed by atoms with Gasteiger partial charge in [-0.1, -0.05) is 23.8 Å². The quantitative estimate of drug-likeness (QED) is 0.485. The van der Waals surface area contributed by atoms with Gasteiger partial charge in [0.1, 0.15) is 0 Å². The summed E-state index contributed by atoms with van der Waals surface area (Å²) >= 11 is 0. The fourth-order valence-electron chi connectivity index (χ4n) is 2.90. The molecule has 2 amide bonds. The van der Waals surface area contributed by atoms with Gasteiger partial charge >= 0.3 is 12.0 Å². The first-order chi connectivity index (χ1) is 12.5. The third-order valence-electron chi connectivity index (χ3n) is 4.18. The maximum Gasteiger partial charge on any atom is 0.338 e. The molecule has 1 heterocycles. The molecule has 1 aromatic rings. The van der Waals surface area contributed by atoms with Crippen molar-refractivity contribution in [3.8, 4) is 0 Å². The van der Waals surface area contributed by atoms with E-state index in [1.165, 1.54) is 0 Å². The topological polar surface area (TPSA) is 88.7 Å². The summed E-state index contributed by atoms with van der Waals surface area (Å²) in [5.74, 6) is -0.436. The number of hydrogen-bond acceptors (Lipinski definition) is 5. The van der Waals surface area contributed by atoms with Crippen LogP contribution in [0.15, 0.2) is 29.5 Å². The Balaban J connectivity index is 2.43. The lowest BCUT2D eigenvalue weighted by molar-refractivity contribution is -0.139. The van der Waals surface area contributed by atoms with Crippen molar-refractivity contribution in [3.05, 3.63) is 46.2 Å². The number of hydrogen-bond donors (Lipinski definition) is 3. The first-order valence-electron chi connectivity index (χ1n) is 8.72. The summed E-state index contributed by atoms with van der Waals surface area (Å²) in [5, 5.41) is 8.77. The zero-order chi connectivity index (χ0) is 19.1. The fraction of sp³-hybridized carbons (Fsp3) is 0.474. The van der Waals surface area contributed by atoms with Gasteiger partial charge in [-0.05, 0) is 31.9 Å². The van der Waals surface area contributed by atoms with E-state index in [2.05, 4.69) is 16.0 Å². The van der Waals surface area contributed by atoms with Crippen molar-refractivity contribution in [2.75, 3.05) is 33.4 Å². The number of carbonyl (C=O) groups is 2. The summed E-state index contributed by atoms with van der Waals surface area (Å²) in [4.78, 5) is 24.9. The summed E-state index contributed by atoms with van der Waals surface area (Å²) in [6, 6.07) is 5.08. The Kier molecular flexibility index (Phi) is 7.17. The monoisotopic (exact) mass is 361 g/mol. The van der Waals surface area contributed by atoms with E-state index in [1.807, 2.05) is 32.0 Å². The van der Waals surface area contributed by atoms with E-state index >= 15 is 0 Å². The zero-order valence-corrected chi connectivity index (χ0v) is 15.8. The maximum atomic E-state index is 12.7. The number of amides is 2. The third-order valence-corrected chi connectivity index (χ3v) is 4.18. The number of aryl methyl sites for hydroxylation is 2. The highest BCUT2D eigenvalue weighted by Crippen LogP contribution is 2.30. The van der Waals surface area contributed by atoms with Gasteiger partial charge < -0.3 is 25.4 Å². The van der Waals surface area contributed by atoms with Crippen LogP contribution in [0.4, 0.5) is 4.79 Å². The van der Waals surface area contributed by atoms with Crippen LogP contribution in [0.25, 0.3) is 0 Å². The van der Waals surface area contributed by atoms with E-state index in [0.29, 0.717) is 31.0 Å². The van der Waals surface area contributed by atoms with E-state index in [4.69, 9.17) is 9.47 Å². The Morgan fingerprint density at radius 3 is 2.77 bits per heavy atom. The molecule has 1 aliphatic rings. The predicted octanol–water partition coefficient (Wildman–Crippen LogP) is 1.71. The molecule has 0 unspecified atom stereocenters. The lowest BCUT2D eigenvalue weighted by atomic mass is 9.91. The highest BCUT2D eigenvalue weighted by molar-refractivity contribution is 5.95. The van der Waals surface area contributed by atoms with Crippen LogP contribution >= 0.6 is 0 Å². The van der Waals surface area contributed by atoms with Gasteiger partial charge in [-0.25, -0.2) is 9.59 Å². The highest BCUT2D eigenvalue weighted by Gasteiger charge is 2.34. The van der Waals surface area contributed by atoms with Gasteiger partial charge in [0.05, 0.1) is 24.8 Å². The molecule has 3 N–H and O–H groups in total. The van der Waals surface area contributed by atoms with Gasteiger partial charge in [-0.2, -0.15) is 0 Å². The molecule has 7 heteroatoms. The van der Waals surface area contributed by atoms with Gasteiger partial charge in [0.2, 0.25) is 0 Å². The van der Waals surface area contributed by atoms with Gasteiger partial charge in [-0.15, -0.1) is 0 Å². The number of nitrogens with one attached hydrogen (secondary N) is 3. The van der Waals surface area contributed by atoms with Crippen LogP contribution in [0, 0.1) is 13.8 Å².